The van der Waals surface area contributed by atoms with Crippen LogP contribution in [0.5, 0.6) is 0 Å². The van der Waals surface area contributed by atoms with E-state index in [4.69, 9.17) is 5.11 Å². The molecule has 2 unspecified atom stereocenters. The maximum absolute atomic E-state index is 14.8. The van der Waals surface area contributed by atoms with Crippen molar-refractivity contribution in [2.75, 3.05) is 24.7 Å². The van der Waals surface area contributed by atoms with E-state index in [1.165, 1.54) is 16.8 Å². The Kier molecular flexibility index (Phi) is 8.17. The number of hydrogen-bond acceptors (Lipinski definition) is 7. The van der Waals surface area contributed by atoms with Gasteiger partial charge < -0.3 is 20.8 Å². The van der Waals surface area contributed by atoms with Crippen LogP contribution in [-0.4, -0.2) is 77.0 Å². The SMILES string of the molecule is CC(C)(C)C(NC(=O)c1nn(CC2CCS(=O)(=O)CC2)c2c(F)cccc12)C(=O)NCC(O)CO. The second-order valence-electron chi connectivity index (χ2n) is 10.1. The maximum Gasteiger partial charge on any atom is 0.273 e. The van der Waals surface area contributed by atoms with Crippen molar-refractivity contribution in [3.8, 4) is 0 Å². The summed E-state index contributed by atoms with van der Waals surface area (Å²) in [7, 11) is -3.05. The van der Waals surface area contributed by atoms with Gasteiger partial charge in [-0.1, -0.05) is 32.9 Å². The molecule has 1 aromatic heterocycles. The van der Waals surface area contributed by atoms with Crippen molar-refractivity contribution in [2.45, 2.75) is 52.3 Å². The zero-order valence-corrected chi connectivity index (χ0v) is 20.9. The Hall–Kier alpha value is -2.57. The fraction of sp³-hybridized carbons (Fsp3) is 0.609. The standard InChI is InChI=1S/C23H33FN4O6S/c1-23(2,3)20(22(32)25-11-15(30)13-29)26-21(31)18-16-5-4-6-17(24)19(16)28(27-18)12-14-7-9-35(33,34)10-8-14/h4-6,14-15,20,29-30H,7-13H2,1-3H3,(H,25,32)(H,26,31). The number of carbonyl (C=O) groups is 2. The number of rotatable bonds is 8. The van der Waals surface area contributed by atoms with E-state index in [0.29, 0.717) is 12.8 Å². The lowest BCUT2D eigenvalue weighted by molar-refractivity contribution is -0.125. The molecule has 2 heterocycles. The van der Waals surface area contributed by atoms with Crippen molar-refractivity contribution in [3.05, 3.63) is 29.7 Å². The summed E-state index contributed by atoms with van der Waals surface area (Å²) in [5, 5.41) is 28.3. The molecule has 2 aromatic rings. The summed E-state index contributed by atoms with van der Waals surface area (Å²) in [4.78, 5) is 26.0. The number of carbonyl (C=O) groups excluding carboxylic acids is 2. The van der Waals surface area contributed by atoms with Gasteiger partial charge in [0.25, 0.3) is 5.91 Å². The lowest BCUT2D eigenvalue weighted by Gasteiger charge is -2.30. The third-order valence-electron chi connectivity index (χ3n) is 6.17. The third kappa shape index (κ3) is 6.56. The first kappa shape index (κ1) is 27.0. The van der Waals surface area contributed by atoms with E-state index in [9.17, 15) is 27.5 Å². The van der Waals surface area contributed by atoms with Gasteiger partial charge in [0.05, 0.1) is 24.2 Å². The Bertz CT molecular complexity index is 1180. The minimum Gasteiger partial charge on any atom is -0.394 e. The summed E-state index contributed by atoms with van der Waals surface area (Å²) in [5.41, 5.74) is -0.601. The first-order valence-electron chi connectivity index (χ1n) is 11.6. The molecule has 2 amide bonds. The number of aliphatic hydroxyl groups is 2. The molecule has 35 heavy (non-hydrogen) atoms. The smallest absolute Gasteiger partial charge is 0.273 e. The van der Waals surface area contributed by atoms with E-state index >= 15 is 0 Å². The number of benzene rings is 1. The highest BCUT2D eigenvalue weighted by Gasteiger charge is 2.34. The fourth-order valence-corrected chi connectivity index (χ4v) is 5.71. The molecular formula is C23H33FN4O6S. The molecule has 12 heteroatoms. The van der Waals surface area contributed by atoms with Gasteiger partial charge in [0, 0.05) is 18.5 Å². The lowest BCUT2D eigenvalue weighted by Crippen LogP contribution is -2.54. The second kappa shape index (κ2) is 10.6. The Morgan fingerprint density at radius 1 is 1.26 bits per heavy atom. The molecule has 1 aliphatic rings. The van der Waals surface area contributed by atoms with Crippen LogP contribution in [0.3, 0.4) is 0 Å². The molecule has 0 radical (unpaired) electrons. The van der Waals surface area contributed by atoms with E-state index in [2.05, 4.69) is 15.7 Å². The molecule has 2 atom stereocenters. The molecule has 194 valence electrons. The summed E-state index contributed by atoms with van der Waals surface area (Å²) in [5.74, 6) is -1.65. The van der Waals surface area contributed by atoms with E-state index in [0.717, 1.165) is 0 Å². The normalized spacial score (nSPS) is 18.2. The summed E-state index contributed by atoms with van der Waals surface area (Å²) >= 11 is 0. The van der Waals surface area contributed by atoms with E-state index in [1.807, 2.05) is 0 Å². The van der Waals surface area contributed by atoms with Crippen LogP contribution in [0.25, 0.3) is 10.9 Å². The maximum atomic E-state index is 14.8. The topological polar surface area (TPSA) is 151 Å². The average molecular weight is 513 g/mol. The quantitative estimate of drug-likeness (QED) is 0.405. The third-order valence-corrected chi connectivity index (χ3v) is 7.88. The monoisotopic (exact) mass is 512 g/mol. The van der Waals surface area contributed by atoms with Gasteiger partial charge in [-0.05, 0) is 30.2 Å². The van der Waals surface area contributed by atoms with Crippen molar-refractivity contribution >= 4 is 32.6 Å². The number of aliphatic hydroxyl groups excluding tert-OH is 2. The fourth-order valence-electron chi connectivity index (χ4n) is 4.12. The second-order valence-corrected chi connectivity index (χ2v) is 12.4. The molecule has 1 aromatic carbocycles. The first-order chi connectivity index (χ1) is 16.3. The minimum absolute atomic E-state index is 0.0248. The number of halogens is 1. The number of fused-ring (bicyclic) bond motifs is 1. The molecule has 0 saturated carbocycles. The summed E-state index contributed by atoms with van der Waals surface area (Å²) in [6, 6.07) is 3.31. The first-order valence-corrected chi connectivity index (χ1v) is 13.4. The lowest BCUT2D eigenvalue weighted by atomic mass is 9.86. The van der Waals surface area contributed by atoms with Crippen LogP contribution in [0.2, 0.25) is 0 Å². The molecule has 0 spiro atoms. The number of para-hydroxylation sites is 1. The van der Waals surface area contributed by atoms with Crippen molar-refractivity contribution in [2.24, 2.45) is 11.3 Å². The number of amides is 2. The molecule has 3 rings (SSSR count). The van der Waals surface area contributed by atoms with Crippen LogP contribution in [0.15, 0.2) is 18.2 Å². The number of aromatic nitrogens is 2. The van der Waals surface area contributed by atoms with Crippen molar-refractivity contribution in [1.82, 2.24) is 20.4 Å². The van der Waals surface area contributed by atoms with Gasteiger partial charge in [0.15, 0.2) is 5.69 Å². The summed E-state index contributed by atoms with van der Waals surface area (Å²) in [6.07, 6.45) is -0.260. The molecule has 1 fully saturated rings. The predicted molar refractivity (Wildman–Crippen MR) is 128 cm³/mol. The molecule has 1 aliphatic heterocycles. The number of sulfone groups is 1. The van der Waals surface area contributed by atoms with E-state index < -0.39 is 51.6 Å². The van der Waals surface area contributed by atoms with Gasteiger partial charge >= 0.3 is 0 Å². The number of nitrogens with one attached hydrogen (secondary N) is 2. The average Bonchev–Trinajstić information content (AvgIpc) is 3.15. The number of nitrogens with zero attached hydrogens (tertiary/aromatic N) is 2. The molecule has 10 nitrogen and oxygen atoms in total. The Labute approximate surface area is 203 Å². The number of hydrogen-bond donors (Lipinski definition) is 4. The Morgan fingerprint density at radius 2 is 1.91 bits per heavy atom. The molecule has 0 bridgehead atoms. The summed E-state index contributed by atoms with van der Waals surface area (Å²) in [6.45, 7) is 4.84. The predicted octanol–water partition coefficient (Wildman–Crippen LogP) is 0.614. The molecule has 4 N–H and O–H groups in total. The Morgan fingerprint density at radius 3 is 2.51 bits per heavy atom. The van der Waals surface area contributed by atoms with Crippen LogP contribution >= 0.6 is 0 Å². The van der Waals surface area contributed by atoms with Crippen LogP contribution in [0, 0.1) is 17.2 Å². The van der Waals surface area contributed by atoms with Gasteiger partial charge in [-0.25, -0.2) is 12.8 Å². The van der Waals surface area contributed by atoms with Crippen LogP contribution in [0.1, 0.15) is 44.1 Å². The van der Waals surface area contributed by atoms with Crippen molar-refractivity contribution in [3.63, 3.8) is 0 Å². The highest BCUT2D eigenvalue weighted by atomic mass is 32.2. The van der Waals surface area contributed by atoms with Crippen LogP contribution < -0.4 is 10.6 Å². The van der Waals surface area contributed by atoms with Gasteiger partial charge in [-0.2, -0.15) is 5.10 Å². The van der Waals surface area contributed by atoms with Crippen LogP contribution in [-0.2, 0) is 21.2 Å². The van der Waals surface area contributed by atoms with Crippen LogP contribution in [0.4, 0.5) is 4.39 Å². The highest BCUT2D eigenvalue weighted by molar-refractivity contribution is 7.91. The van der Waals surface area contributed by atoms with E-state index in [1.54, 1.807) is 26.8 Å². The minimum atomic E-state index is -3.05. The van der Waals surface area contributed by atoms with Gasteiger partial charge in [-0.15, -0.1) is 0 Å². The van der Waals surface area contributed by atoms with E-state index in [-0.39, 0.29) is 47.1 Å². The largest absolute Gasteiger partial charge is 0.394 e. The van der Waals surface area contributed by atoms with Gasteiger partial charge in [0.2, 0.25) is 5.91 Å². The van der Waals surface area contributed by atoms with Gasteiger partial charge in [-0.3, -0.25) is 14.3 Å². The van der Waals surface area contributed by atoms with Gasteiger partial charge in [0.1, 0.15) is 27.2 Å². The zero-order valence-electron chi connectivity index (χ0n) is 20.1. The Balaban J connectivity index is 1.87. The highest BCUT2D eigenvalue weighted by Crippen LogP contribution is 2.27. The summed E-state index contributed by atoms with van der Waals surface area (Å²) < 4.78 is 39.7. The van der Waals surface area contributed by atoms with Crippen molar-refractivity contribution in [1.29, 1.82) is 0 Å². The zero-order chi connectivity index (χ0) is 26.0. The molecule has 1 saturated heterocycles. The molecule has 0 aliphatic carbocycles. The molecular weight excluding hydrogens is 479 g/mol. The van der Waals surface area contributed by atoms with Crippen molar-refractivity contribution < 1.29 is 32.6 Å².